The minimum absolute atomic E-state index is 0. The van der Waals surface area contributed by atoms with E-state index in [1.54, 1.807) is 0 Å². The van der Waals surface area contributed by atoms with Gasteiger partial charge in [0.05, 0.1) is 0 Å². The molecule has 0 aromatic heterocycles. The predicted octanol–water partition coefficient (Wildman–Crippen LogP) is -0.823. The van der Waals surface area contributed by atoms with Crippen LogP contribution in [0.25, 0.3) is 0 Å². The third-order valence-corrected chi connectivity index (χ3v) is 0.412. The van der Waals surface area contributed by atoms with Crippen molar-refractivity contribution in [3.8, 4) is 0 Å². The molecule has 39 valence electrons. The van der Waals surface area contributed by atoms with Crippen molar-refractivity contribution in [3.63, 3.8) is 0 Å². The van der Waals surface area contributed by atoms with Crippen LogP contribution in [0, 0.1) is 0 Å². The zero-order chi connectivity index (χ0) is 5.21. The second-order valence-electron chi connectivity index (χ2n) is 0.596. The molecule has 0 saturated heterocycles. The molecule has 0 aliphatic carbocycles. The molecule has 2 N–H and O–H groups in total. The summed E-state index contributed by atoms with van der Waals surface area (Å²) in [6.45, 7) is 0. The van der Waals surface area contributed by atoms with Gasteiger partial charge in [0.25, 0.3) is 8.05 Å². The zero-order valence-corrected chi connectivity index (χ0v) is 6.28. The van der Waals surface area contributed by atoms with Gasteiger partial charge in [-0.1, -0.05) is 0 Å². The summed E-state index contributed by atoms with van der Waals surface area (Å²) in [5, 5.41) is 0. The first-order chi connectivity index (χ1) is 2.56. The molecule has 0 aromatic carbocycles. The van der Waals surface area contributed by atoms with E-state index in [1.165, 1.54) is 0 Å². The molecule has 0 bridgehead atoms. The van der Waals surface area contributed by atoms with E-state index >= 15 is 0 Å². The van der Waals surface area contributed by atoms with Crippen molar-refractivity contribution in [1.82, 2.24) is 0 Å². The molecular weight excluding hydrogens is 199 g/mol. The maximum atomic E-state index is 9.35. The number of hydrogen-bond acceptors (Lipinski definition) is 2. The van der Waals surface area contributed by atoms with E-state index in [2.05, 4.69) is 12.5 Å². The third-order valence-electron chi connectivity index (χ3n) is 0.137. The molecule has 0 aromatic rings. The van der Waals surface area contributed by atoms with Crippen molar-refractivity contribution in [3.05, 3.63) is 0 Å². The first-order valence-corrected chi connectivity index (χ1v) is 2.53. The Morgan fingerprint density at radius 1 is 1.57 bits per heavy atom. The molecule has 0 amide bonds. The minimum Gasteiger partial charge on any atom is -0.362 e. The van der Waals surface area contributed by atoms with Gasteiger partial charge in [0.2, 0.25) is 0 Å². The molecule has 0 fully saturated rings. The second-order valence-corrected chi connectivity index (χ2v) is 1.79. The molecule has 4 nitrogen and oxygen atoms in total. The Bertz CT molecular complexity index is 75.8. The van der Waals surface area contributed by atoms with Crippen LogP contribution in [0.15, 0.2) is 0 Å². The normalized spacial score (nSPS) is 10.0. The molecule has 0 saturated carbocycles. The Hall–Kier alpha value is 0.915. The monoisotopic (exact) mass is 201 g/mol. The first kappa shape index (κ1) is 10.8. The Morgan fingerprint density at radius 3 is 1.71 bits per heavy atom. The van der Waals surface area contributed by atoms with Crippen LogP contribution < -0.4 is 0 Å². The Labute approximate surface area is 57.4 Å². The van der Waals surface area contributed by atoms with Crippen molar-refractivity contribution < 1.29 is 41.2 Å². The van der Waals surface area contributed by atoms with Gasteiger partial charge in [-0.05, 0) is 0 Å². The van der Waals surface area contributed by atoms with E-state index in [1.807, 2.05) is 0 Å². The quantitative estimate of drug-likeness (QED) is 0.429. The van der Waals surface area contributed by atoms with Gasteiger partial charge in [-0.3, -0.25) is 0 Å². The van der Waals surface area contributed by atoms with E-state index < -0.39 is 7.82 Å². The molecular formula is H2BNbO4P. The van der Waals surface area contributed by atoms with E-state index in [0.29, 0.717) is 0 Å². The van der Waals surface area contributed by atoms with Gasteiger partial charge in [-0.15, -0.1) is 0 Å². The Kier molecular flexibility index (Phi) is 5.97. The van der Waals surface area contributed by atoms with Crippen LogP contribution in [-0.4, -0.2) is 17.8 Å². The molecule has 0 aliphatic rings. The van der Waals surface area contributed by atoms with E-state index in [9.17, 15) is 4.57 Å². The van der Waals surface area contributed by atoms with Gasteiger partial charge in [0, 0.05) is 22.4 Å². The van der Waals surface area contributed by atoms with Crippen molar-refractivity contribution in [2.24, 2.45) is 0 Å². The predicted molar refractivity (Wildman–Crippen MR) is 18.9 cm³/mol. The topological polar surface area (TPSA) is 66.8 Å². The van der Waals surface area contributed by atoms with Crippen molar-refractivity contribution in [1.29, 1.82) is 0 Å². The Morgan fingerprint density at radius 2 is 1.71 bits per heavy atom. The summed E-state index contributed by atoms with van der Waals surface area (Å²) in [6.07, 6.45) is 0. The molecule has 3 radical (unpaired) electrons. The molecule has 7 heteroatoms. The van der Waals surface area contributed by atoms with Gasteiger partial charge in [-0.25, -0.2) is 4.57 Å². The first-order valence-electron chi connectivity index (χ1n) is 1.00. The molecule has 0 spiro atoms. The van der Waals surface area contributed by atoms with Crippen molar-refractivity contribution in [2.45, 2.75) is 0 Å². The molecule has 7 heavy (non-hydrogen) atoms. The molecule has 0 unspecified atom stereocenters. The molecule has 0 rings (SSSR count). The number of rotatable bonds is 1. The maximum Gasteiger partial charge on any atom is 0.454 e. The fourth-order valence-electron chi connectivity index (χ4n) is 0. The Balaban J connectivity index is 0. The molecule has 0 aliphatic heterocycles. The fourth-order valence-corrected chi connectivity index (χ4v) is 0. The standard InChI is InChI=1S/BH2O4P.Nb/c1-5-6(2,3)4;/h(H2,2,3,4);. The summed E-state index contributed by atoms with van der Waals surface area (Å²) in [7, 11) is -0.326. The van der Waals surface area contributed by atoms with Gasteiger partial charge in [-0.2, -0.15) is 0 Å². The number of phosphoric acid groups is 1. The zero-order valence-electron chi connectivity index (χ0n) is 3.18. The van der Waals surface area contributed by atoms with Gasteiger partial charge >= 0.3 is 7.82 Å². The van der Waals surface area contributed by atoms with Crippen LogP contribution in [0.5, 0.6) is 0 Å². The summed E-state index contributed by atoms with van der Waals surface area (Å²) < 4.78 is 12.5. The average Bonchev–Trinajstić information content (AvgIpc) is 1.35. The average molecular weight is 201 g/mol. The fraction of sp³-hybridized carbons (Fsp3) is 0. The largest absolute Gasteiger partial charge is 0.454 e. The van der Waals surface area contributed by atoms with Crippen LogP contribution in [0.3, 0.4) is 0 Å². The minimum atomic E-state index is -4.37. The van der Waals surface area contributed by atoms with Crippen molar-refractivity contribution >= 4 is 15.9 Å². The van der Waals surface area contributed by atoms with E-state index in [-0.39, 0.29) is 22.4 Å². The summed E-state index contributed by atoms with van der Waals surface area (Å²) >= 11 is 0. The SMILES string of the molecule is [B]OP(=O)(O)O.[Nb]. The third kappa shape index (κ3) is 10.9. The summed E-state index contributed by atoms with van der Waals surface area (Å²) in [6, 6.07) is 0. The van der Waals surface area contributed by atoms with Crippen LogP contribution in [0.2, 0.25) is 0 Å². The summed E-state index contributed by atoms with van der Waals surface area (Å²) in [5.74, 6) is 0. The van der Waals surface area contributed by atoms with Crippen LogP contribution in [0.4, 0.5) is 0 Å². The number of hydrogen-bond donors (Lipinski definition) is 2. The van der Waals surface area contributed by atoms with Gasteiger partial charge < -0.3 is 14.2 Å². The molecule has 0 atom stereocenters. The second kappa shape index (κ2) is 3.86. The maximum absolute atomic E-state index is 9.35. The van der Waals surface area contributed by atoms with E-state index in [0.717, 1.165) is 0 Å². The van der Waals surface area contributed by atoms with Crippen LogP contribution in [0.1, 0.15) is 0 Å². The van der Waals surface area contributed by atoms with Crippen LogP contribution in [-0.2, 0) is 31.4 Å². The summed E-state index contributed by atoms with van der Waals surface area (Å²) in [4.78, 5) is 15.2. The van der Waals surface area contributed by atoms with Crippen molar-refractivity contribution in [2.75, 3.05) is 0 Å². The van der Waals surface area contributed by atoms with E-state index in [4.69, 9.17) is 9.79 Å². The molecule has 0 heterocycles. The smallest absolute Gasteiger partial charge is 0.362 e. The van der Waals surface area contributed by atoms with Crippen LogP contribution >= 0.6 is 7.82 Å². The summed E-state index contributed by atoms with van der Waals surface area (Å²) in [5.41, 5.74) is 0. The van der Waals surface area contributed by atoms with Gasteiger partial charge in [0.1, 0.15) is 0 Å². The van der Waals surface area contributed by atoms with Gasteiger partial charge in [0.15, 0.2) is 0 Å².